The third kappa shape index (κ3) is 3.57. The van der Waals surface area contributed by atoms with Gasteiger partial charge in [-0.3, -0.25) is 4.90 Å². The molecule has 0 aromatic heterocycles. The van der Waals surface area contributed by atoms with E-state index in [9.17, 15) is 0 Å². The second-order valence-electron chi connectivity index (χ2n) is 5.47. The Labute approximate surface area is 122 Å². The molecule has 0 saturated carbocycles. The van der Waals surface area contributed by atoms with Gasteiger partial charge in [-0.2, -0.15) is 0 Å². The minimum absolute atomic E-state index is 0.671. The van der Waals surface area contributed by atoms with E-state index in [0.717, 1.165) is 37.6 Å². The van der Waals surface area contributed by atoms with E-state index >= 15 is 0 Å². The topological polar surface area (TPSA) is 41.7 Å². The number of piperazine rings is 1. The standard InChI is InChI=1S/C16H27N3O/c1-4-13(3)18-6-8-19(9-7-18)15-10-14(17)11-16(12-15)20-5-2/h10-13H,4-9,17H2,1-3H3. The maximum atomic E-state index is 5.98. The van der Waals surface area contributed by atoms with E-state index in [1.807, 2.05) is 19.1 Å². The van der Waals surface area contributed by atoms with Crippen molar-refractivity contribution in [2.24, 2.45) is 0 Å². The molecule has 20 heavy (non-hydrogen) atoms. The first-order chi connectivity index (χ1) is 9.63. The van der Waals surface area contributed by atoms with Crippen LogP contribution >= 0.6 is 0 Å². The van der Waals surface area contributed by atoms with Crippen molar-refractivity contribution in [3.05, 3.63) is 18.2 Å². The molecule has 1 aromatic carbocycles. The van der Waals surface area contributed by atoms with E-state index < -0.39 is 0 Å². The van der Waals surface area contributed by atoms with E-state index in [1.165, 1.54) is 12.1 Å². The van der Waals surface area contributed by atoms with Crippen LogP contribution in [0.2, 0.25) is 0 Å². The summed E-state index contributed by atoms with van der Waals surface area (Å²) in [6, 6.07) is 6.71. The van der Waals surface area contributed by atoms with Gasteiger partial charge in [0.1, 0.15) is 5.75 Å². The summed E-state index contributed by atoms with van der Waals surface area (Å²) >= 11 is 0. The molecule has 1 fully saturated rings. The molecule has 1 atom stereocenters. The molecule has 4 heteroatoms. The third-order valence-electron chi connectivity index (χ3n) is 4.12. The molecule has 2 N–H and O–H groups in total. The lowest BCUT2D eigenvalue weighted by Gasteiger charge is -2.39. The molecule has 0 amide bonds. The fourth-order valence-electron chi connectivity index (χ4n) is 2.72. The Morgan fingerprint density at radius 2 is 1.85 bits per heavy atom. The number of nitrogens with zero attached hydrogens (tertiary/aromatic N) is 2. The quantitative estimate of drug-likeness (QED) is 0.840. The fraction of sp³-hybridized carbons (Fsp3) is 0.625. The monoisotopic (exact) mass is 277 g/mol. The summed E-state index contributed by atoms with van der Waals surface area (Å²) in [5.41, 5.74) is 7.93. The highest BCUT2D eigenvalue weighted by molar-refractivity contribution is 5.60. The van der Waals surface area contributed by atoms with Crippen LogP contribution in [0.15, 0.2) is 18.2 Å². The Morgan fingerprint density at radius 1 is 1.15 bits per heavy atom. The van der Waals surface area contributed by atoms with Gasteiger partial charge in [0, 0.05) is 55.7 Å². The van der Waals surface area contributed by atoms with E-state index in [4.69, 9.17) is 10.5 Å². The summed E-state index contributed by atoms with van der Waals surface area (Å²) < 4.78 is 5.58. The van der Waals surface area contributed by atoms with E-state index in [-0.39, 0.29) is 0 Å². The summed E-state index contributed by atoms with van der Waals surface area (Å²) in [6.45, 7) is 11.6. The molecule has 1 aliphatic rings. The molecule has 0 bridgehead atoms. The molecular formula is C16H27N3O. The maximum absolute atomic E-state index is 5.98. The zero-order chi connectivity index (χ0) is 14.5. The molecule has 1 saturated heterocycles. The highest BCUT2D eigenvalue weighted by Crippen LogP contribution is 2.26. The molecule has 4 nitrogen and oxygen atoms in total. The van der Waals surface area contributed by atoms with E-state index in [2.05, 4.69) is 29.7 Å². The zero-order valence-electron chi connectivity index (χ0n) is 12.9. The van der Waals surface area contributed by atoms with Gasteiger partial charge in [0.25, 0.3) is 0 Å². The lowest BCUT2D eigenvalue weighted by atomic mass is 10.1. The number of rotatable bonds is 5. The van der Waals surface area contributed by atoms with Crippen molar-refractivity contribution in [1.29, 1.82) is 0 Å². The van der Waals surface area contributed by atoms with Crippen molar-refractivity contribution in [3.63, 3.8) is 0 Å². The highest BCUT2D eigenvalue weighted by atomic mass is 16.5. The van der Waals surface area contributed by atoms with Crippen LogP contribution in [-0.2, 0) is 0 Å². The van der Waals surface area contributed by atoms with Crippen LogP contribution in [0, 0.1) is 0 Å². The summed E-state index contributed by atoms with van der Waals surface area (Å²) in [5.74, 6) is 0.867. The molecule has 1 unspecified atom stereocenters. The average molecular weight is 277 g/mol. The molecule has 1 aromatic rings. The zero-order valence-corrected chi connectivity index (χ0v) is 12.9. The van der Waals surface area contributed by atoms with Crippen LogP contribution in [0.4, 0.5) is 11.4 Å². The van der Waals surface area contributed by atoms with Crippen molar-refractivity contribution in [2.75, 3.05) is 43.4 Å². The fourth-order valence-corrected chi connectivity index (χ4v) is 2.72. The Morgan fingerprint density at radius 3 is 2.45 bits per heavy atom. The lowest BCUT2D eigenvalue weighted by Crippen LogP contribution is -2.49. The number of nitrogen functional groups attached to an aromatic ring is 1. The smallest absolute Gasteiger partial charge is 0.123 e. The first kappa shape index (κ1) is 15.0. The number of nitrogens with two attached hydrogens (primary N) is 1. The number of benzene rings is 1. The molecule has 1 heterocycles. The summed E-state index contributed by atoms with van der Waals surface area (Å²) in [7, 11) is 0. The summed E-state index contributed by atoms with van der Waals surface area (Å²) in [6.07, 6.45) is 1.22. The van der Waals surface area contributed by atoms with Gasteiger partial charge in [-0.05, 0) is 26.3 Å². The molecule has 2 rings (SSSR count). The molecule has 0 aliphatic carbocycles. The normalized spacial score (nSPS) is 18.1. The minimum atomic E-state index is 0.671. The van der Waals surface area contributed by atoms with Gasteiger partial charge in [0.2, 0.25) is 0 Å². The Balaban J connectivity index is 2.03. The molecule has 0 spiro atoms. The SMILES string of the molecule is CCOc1cc(N)cc(N2CCN(C(C)CC)CC2)c1. The van der Waals surface area contributed by atoms with Crippen LogP contribution in [0.5, 0.6) is 5.75 Å². The van der Waals surface area contributed by atoms with Crippen molar-refractivity contribution < 1.29 is 4.74 Å². The Bertz CT molecular complexity index is 428. The minimum Gasteiger partial charge on any atom is -0.494 e. The number of anilines is 2. The third-order valence-corrected chi connectivity index (χ3v) is 4.12. The highest BCUT2D eigenvalue weighted by Gasteiger charge is 2.20. The predicted molar refractivity (Wildman–Crippen MR) is 85.6 cm³/mol. The number of hydrogen-bond donors (Lipinski definition) is 1. The Hall–Kier alpha value is -1.42. The first-order valence-corrected chi connectivity index (χ1v) is 7.66. The number of hydrogen-bond acceptors (Lipinski definition) is 4. The largest absolute Gasteiger partial charge is 0.494 e. The molecular weight excluding hydrogens is 250 g/mol. The second-order valence-corrected chi connectivity index (χ2v) is 5.47. The van der Waals surface area contributed by atoms with Gasteiger partial charge in [-0.15, -0.1) is 0 Å². The molecule has 112 valence electrons. The van der Waals surface area contributed by atoms with Gasteiger partial charge < -0.3 is 15.4 Å². The van der Waals surface area contributed by atoms with Gasteiger partial charge in [0.05, 0.1) is 6.61 Å². The van der Waals surface area contributed by atoms with Gasteiger partial charge in [-0.25, -0.2) is 0 Å². The van der Waals surface area contributed by atoms with E-state index in [1.54, 1.807) is 0 Å². The van der Waals surface area contributed by atoms with Gasteiger partial charge in [0.15, 0.2) is 0 Å². The first-order valence-electron chi connectivity index (χ1n) is 7.66. The van der Waals surface area contributed by atoms with Crippen molar-refractivity contribution in [2.45, 2.75) is 33.2 Å². The second kappa shape index (κ2) is 6.84. The molecule has 1 aliphatic heterocycles. The molecule has 0 radical (unpaired) electrons. The number of ether oxygens (including phenoxy) is 1. The van der Waals surface area contributed by atoms with Crippen LogP contribution < -0.4 is 15.4 Å². The van der Waals surface area contributed by atoms with Crippen molar-refractivity contribution in [1.82, 2.24) is 4.90 Å². The lowest BCUT2D eigenvalue weighted by molar-refractivity contribution is 0.193. The van der Waals surface area contributed by atoms with Crippen molar-refractivity contribution in [3.8, 4) is 5.75 Å². The van der Waals surface area contributed by atoms with Crippen LogP contribution in [0.3, 0.4) is 0 Å². The van der Waals surface area contributed by atoms with Crippen LogP contribution in [0.1, 0.15) is 27.2 Å². The maximum Gasteiger partial charge on any atom is 0.123 e. The van der Waals surface area contributed by atoms with Crippen LogP contribution in [-0.4, -0.2) is 43.7 Å². The predicted octanol–water partition coefficient (Wildman–Crippen LogP) is 2.59. The summed E-state index contributed by atoms with van der Waals surface area (Å²) in [5, 5.41) is 0. The average Bonchev–Trinajstić information content (AvgIpc) is 2.46. The Kier molecular flexibility index (Phi) is 5.12. The van der Waals surface area contributed by atoms with Crippen molar-refractivity contribution >= 4 is 11.4 Å². The van der Waals surface area contributed by atoms with Gasteiger partial charge in [-0.1, -0.05) is 6.92 Å². The summed E-state index contributed by atoms with van der Waals surface area (Å²) in [4.78, 5) is 4.96. The van der Waals surface area contributed by atoms with E-state index in [0.29, 0.717) is 12.6 Å². The van der Waals surface area contributed by atoms with Gasteiger partial charge >= 0.3 is 0 Å². The van der Waals surface area contributed by atoms with Crippen LogP contribution in [0.25, 0.3) is 0 Å².